The van der Waals surface area contributed by atoms with Crippen LogP contribution in [-0.4, -0.2) is 27.0 Å². The van der Waals surface area contributed by atoms with E-state index in [2.05, 4.69) is 26.8 Å². The van der Waals surface area contributed by atoms with Crippen LogP contribution in [0.3, 0.4) is 0 Å². The maximum absolute atomic E-state index is 12.1. The average molecular weight is 326 g/mol. The van der Waals surface area contributed by atoms with Gasteiger partial charge in [-0.3, -0.25) is 9.78 Å². The number of aromatic nitrogens is 3. The molecule has 5 heteroatoms. The number of nitrogens with zero attached hydrogens (tertiary/aromatic N) is 3. The third-order valence-electron chi connectivity index (χ3n) is 4.78. The van der Waals surface area contributed by atoms with Crippen LogP contribution in [0.1, 0.15) is 66.6 Å². The van der Waals surface area contributed by atoms with Gasteiger partial charge in [0.2, 0.25) is 0 Å². The molecule has 1 aliphatic rings. The number of rotatable bonds is 5. The molecule has 1 N–H and O–H groups in total. The van der Waals surface area contributed by atoms with Crippen molar-refractivity contribution in [2.45, 2.75) is 57.9 Å². The summed E-state index contributed by atoms with van der Waals surface area (Å²) >= 11 is 0. The van der Waals surface area contributed by atoms with Gasteiger partial charge in [0.1, 0.15) is 11.5 Å². The number of pyridine rings is 1. The van der Waals surface area contributed by atoms with Gasteiger partial charge in [-0.2, -0.15) is 0 Å². The average Bonchev–Trinajstić information content (AvgIpc) is 2.81. The fraction of sp³-hybridized carbons (Fsp3) is 0.526. The number of imidazole rings is 1. The van der Waals surface area contributed by atoms with Gasteiger partial charge in [-0.25, -0.2) is 4.98 Å². The molecule has 2 aromatic heterocycles. The number of amides is 1. The lowest BCUT2D eigenvalue weighted by atomic mass is 10.1. The number of carbonyl (C=O) groups excluding carboxylic acids is 1. The zero-order chi connectivity index (χ0) is 16.8. The van der Waals surface area contributed by atoms with Gasteiger partial charge in [0.05, 0.1) is 0 Å². The standard InChI is InChI=1S/C19H26N4O/c1-15-14-22-18(23(15)16-8-4-2-3-5-9-16)11-13-21-19(24)17-10-6-7-12-20-17/h6-7,10,12,14,16H,2-5,8-9,11,13H2,1H3,(H,21,24). The van der Waals surface area contributed by atoms with Crippen LogP contribution in [0.25, 0.3) is 0 Å². The maximum Gasteiger partial charge on any atom is 0.269 e. The second kappa shape index (κ2) is 8.08. The van der Waals surface area contributed by atoms with Crippen LogP contribution in [0.15, 0.2) is 30.6 Å². The Kier molecular flexibility index (Phi) is 5.62. The molecule has 2 heterocycles. The topological polar surface area (TPSA) is 59.8 Å². The maximum atomic E-state index is 12.1. The number of carbonyl (C=O) groups is 1. The molecule has 1 aliphatic carbocycles. The Hall–Kier alpha value is -2.17. The third kappa shape index (κ3) is 4.02. The molecule has 0 aliphatic heterocycles. The Morgan fingerprint density at radius 3 is 2.71 bits per heavy atom. The van der Waals surface area contributed by atoms with Crippen LogP contribution >= 0.6 is 0 Å². The summed E-state index contributed by atoms with van der Waals surface area (Å²) in [4.78, 5) is 20.7. The quantitative estimate of drug-likeness (QED) is 0.856. The minimum Gasteiger partial charge on any atom is -0.350 e. The summed E-state index contributed by atoms with van der Waals surface area (Å²) in [5.41, 5.74) is 1.69. The molecule has 0 aromatic carbocycles. The van der Waals surface area contributed by atoms with Crippen molar-refractivity contribution in [3.8, 4) is 0 Å². The van der Waals surface area contributed by atoms with Gasteiger partial charge >= 0.3 is 0 Å². The number of aryl methyl sites for hydroxylation is 1. The molecule has 0 spiro atoms. The third-order valence-corrected chi connectivity index (χ3v) is 4.78. The van der Waals surface area contributed by atoms with Gasteiger partial charge in [0.25, 0.3) is 5.91 Å². The van der Waals surface area contributed by atoms with Crippen molar-refractivity contribution in [2.24, 2.45) is 0 Å². The molecule has 3 rings (SSSR count). The van der Waals surface area contributed by atoms with E-state index in [0.717, 1.165) is 12.2 Å². The van der Waals surface area contributed by atoms with E-state index in [9.17, 15) is 4.79 Å². The molecule has 1 amide bonds. The zero-order valence-electron chi connectivity index (χ0n) is 14.4. The first kappa shape index (κ1) is 16.7. The Morgan fingerprint density at radius 1 is 1.21 bits per heavy atom. The van der Waals surface area contributed by atoms with Gasteiger partial charge in [-0.05, 0) is 31.9 Å². The summed E-state index contributed by atoms with van der Waals surface area (Å²) in [7, 11) is 0. The fourth-order valence-electron chi connectivity index (χ4n) is 3.57. The minimum absolute atomic E-state index is 0.125. The summed E-state index contributed by atoms with van der Waals surface area (Å²) < 4.78 is 2.40. The van der Waals surface area contributed by atoms with Crippen molar-refractivity contribution >= 4 is 5.91 Å². The lowest BCUT2D eigenvalue weighted by Gasteiger charge is -2.21. The van der Waals surface area contributed by atoms with E-state index in [1.54, 1.807) is 12.3 Å². The Bertz CT molecular complexity index is 657. The number of hydrogen-bond donors (Lipinski definition) is 1. The lowest BCUT2D eigenvalue weighted by molar-refractivity contribution is 0.0949. The van der Waals surface area contributed by atoms with Crippen LogP contribution in [-0.2, 0) is 6.42 Å². The van der Waals surface area contributed by atoms with Gasteiger partial charge in [0, 0.05) is 37.1 Å². The van der Waals surface area contributed by atoms with Crippen molar-refractivity contribution < 1.29 is 4.79 Å². The predicted octanol–water partition coefficient (Wildman–Crippen LogP) is 3.45. The Labute approximate surface area is 143 Å². The number of nitrogens with one attached hydrogen (secondary N) is 1. The van der Waals surface area contributed by atoms with Crippen molar-refractivity contribution in [1.82, 2.24) is 19.9 Å². The van der Waals surface area contributed by atoms with Crippen LogP contribution in [0.4, 0.5) is 0 Å². The summed E-state index contributed by atoms with van der Waals surface area (Å²) in [5, 5.41) is 2.94. The van der Waals surface area contributed by atoms with Gasteiger partial charge < -0.3 is 9.88 Å². The van der Waals surface area contributed by atoms with Gasteiger partial charge in [0.15, 0.2) is 0 Å². The van der Waals surface area contributed by atoms with Crippen molar-refractivity contribution in [3.63, 3.8) is 0 Å². The smallest absolute Gasteiger partial charge is 0.269 e. The second-order valence-electron chi connectivity index (χ2n) is 6.55. The van der Waals surface area contributed by atoms with Crippen LogP contribution in [0, 0.1) is 6.92 Å². The number of hydrogen-bond acceptors (Lipinski definition) is 3. The van der Waals surface area contributed by atoms with Crippen LogP contribution in [0.2, 0.25) is 0 Å². The molecule has 24 heavy (non-hydrogen) atoms. The molecule has 0 atom stereocenters. The molecule has 5 nitrogen and oxygen atoms in total. The largest absolute Gasteiger partial charge is 0.350 e. The first-order chi connectivity index (χ1) is 11.8. The first-order valence-electron chi connectivity index (χ1n) is 8.97. The minimum atomic E-state index is -0.125. The second-order valence-corrected chi connectivity index (χ2v) is 6.55. The molecule has 1 fully saturated rings. The molecule has 2 aromatic rings. The summed E-state index contributed by atoms with van der Waals surface area (Å²) in [6.07, 6.45) is 12.1. The lowest BCUT2D eigenvalue weighted by Crippen LogP contribution is -2.27. The normalized spacial score (nSPS) is 15.9. The molecular weight excluding hydrogens is 300 g/mol. The highest BCUT2D eigenvalue weighted by atomic mass is 16.1. The molecule has 128 valence electrons. The summed E-state index contributed by atoms with van der Waals surface area (Å²) in [6, 6.07) is 5.93. The zero-order valence-corrected chi connectivity index (χ0v) is 14.4. The molecule has 0 radical (unpaired) electrons. The fourth-order valence-corrected chi connectivity index (χ4v) is 3.57. The monoisotopic (exact) mass is 326 g/mol. The Balaban J connectivity index is 1.60. The molecule has 0 unspecified atom stereocenters. The van der Waals surface area contributed by atoms with E-state index in [-0.39, 0.29) is 5.91 Å². The SMILES string of the molecule is Cc1cnc(CCNC(=O)c2ccccn2)n1C1CCCCCC1. The molecule has 0 saturated heterocycles. The van der Waals surface area contributed by atoms with Gasteiger partial charge in [-0.15, -0.1) is 0 Å². The highest BCUT2D eigenvalue weighted by Crippen LogP contribution is 2.29. The summed E-state index contributed by atoms with van der Waals surface area (Å²) in [5.74, 6) is 0.959. The van der Waals surface area contributed by atoms with Crippen LogP contribution < -0.4 is 5.32 Å². The van der Waals surface area contributed by atoms with Crippen molar-refractivity contribution in [3.05, 3.63) is 47.8 Å². The molecule has 0 bridgehead atoms. The van der Waals surface area contributed by atoms with Crippen molar-refractivity contribution in [2.75, 3.05) is 6.54 Å². The van der Waals surface area contributed by atoms with E-state index in [1.807, 2.05) is 18.3 Å². The molecule has 1 saturated carbocycles. The van der Waals surface area contributed by atoms with E-state index < -0.39 is 0 Å². The van der Waals surface area contributed by atoms with Crippen molar-refractivity contribution in [1.29, 1.82) is 0 Å². The van der Waals surface area contributed by atoms with Crippen LogP contribution in [0.5, 0.6) is 0 Å². The first-order valence-corrected chi connectivity index (χ1v) is 8.97. The van der Waals surface area contributed by atoms with Gasteiger partial charge in [-0.1, -0.05) is 31.7 Å². The Morgan fingerprint density at radius 2 is 2.00 bits per heavy atom. The van der Waals surface area contributed by atoms with E-state index in [0.29, 0.717) is 18.3 Å². The van der Waals surface area contributed by atoms with E-state index in [1.165, 1.54) is 44.2 Å². The van der Waals surface area contributed by atoms with E-state index in [4.69, 9.17) is 0 Å². The highest BCUT2D eigenvalue weighted by molar-refractivity contribution is 5.92. The molecular formula is C19H26N4O. The summed E-state index contributed by atoms with van der Waals surface area (Å²) in [6.45, 7) is 2.71. The van der Waals surface area contributed by atoms with E-state index >= 15 is 0 Å². The predicted molar refractivity (Wildman–Crippen MR) is 94.0 cm³/mol. The highest BCUT2D eigenvalue weighted by Gasteiger charge is 2.19.